The Bertz CT molecular complexity index is 1040. The smallest absolute Gasteiger partial charge is 0.415 e. The van der Waals surface area contributed by atoms with Gasteiger partial charge in [-0.25, -0.2) is 4.79 Å². The summed E-state index contributed by atoms with van der Waals surface area (Å²) in [5, 5.41) is 0.667. The Hall–Kier alpha value is -2.50. The second-order valence-corrected chi connectivity index (χ2v) is 8.42. The van der Waals surface area contributed by atoms with Gasteiger partial charge >= 0.3 is 6.09 Å². The minimum Gasteiger partial charge on any atom is -0.496 e. The highest BCUT2D eigenvalue weighted by Gasteiger charge is 2.34. The van der Waals surface area contributed by atoms with Crippen molar-refractivity contribution in [1.29, 1.82) is 0 Å². The van der Waals surface area contributed by atoms with Crippen LogP contribution >= 0.6 is 27.5 Å². The Morgan fingerprint density at radius 1 is 1.13 bits per heavy atom. The lowest BCUT2D eigenvalue weighted by molar-refractivity contribution is 0.143. The summed E-state index contributed by atoms with van der Waals surface area (Å²) in [6.07, 6.45) is 1.23. The summed E-state index contributed by atoms with van der Waals surface area (Å²) in [6, 6.07) is 21.1. The van der Waals surface area contributed by atoms with E-state index in [2.05, 4.69) is 15.9 Å². The lowest BCUT2D eigenvalue weighted by Crippen LogP contribution is -2.38. The maximum Gasteiger partial charge on any atom is 0.415 e. The number of anilines is 1. The Morgan fingerprint density at radius 3 is 2.57 bits per heavy atom. The molecule has 1 aliphatic rings. The first-order chi connectivity index (χ1) is 14.6. The van der Waals surface area contributed by atoms with Crippen LogP contribution in [0.5, 0.6) is 5.75 Å². The maximum absolute atomic E-state index is 13.3. The van der Waals surface area contributed by atoms with E-state index in [9.17, 15) is 4.79 Å². The van der Waals surface area contributed by atoms with Crippen LogP contribution in [0.2, 0.25) is 5.02 Å². The predicted molar refractivity (Wildman–Crippen MR) is 122 cm³/mol. The molecule has 30 heavy (non-hydrogen) atoms. The van der Waals surface area contributed by atoms with Crippen molar-refractivity contribution >= 4 is 39.3 Å². The van der Waals surface area contributed by atoms with Gasteiger partial charge in [-0.15, -0.1) is 0 Å². The Balaban J connectivity index is 1.69. The normalized spacial score (nSPS) is 15.4. The van der Waals surface area contributed by atoms with Crippen LogP contribution in [0.4, 0.5) is 10.5 Å². The number of hydrogen-bond acceptors (Lipinski definition) is 3. The van der Waals surface area contributed by atoms with Gasteiger partial charge in [0.25, 0.3) is 0 Å². The first kappa shape index (κ1) is 20.8. The lowest BCUT2D eigenvalue weighted by Gasteiger charge is -2.37. The van der Waals surface area contributed by atoms with E-state index in [1.807, 2.05) is 66.7 Å². The minimum atomic E-state index is -0.378. The van der Waals surface area contributed by atoms with Crippen molar-refractivity contribution in [2.45, 2.75) is 25.5 Å². The van der Waals surface area contributed by atoms with Gasteiger partial charge in [-0.1, -0.05) is 54.1 Å². The Kier molecular flexibility index (Phi) is 6.30. The summed E-state index contributed by atoms with van der Waals surface area (Å²) in [4.78, 5) is 15.0. The van der Waals surface area contributed by atoms with Crippen molar-refractivity contribution in [3.05, 3.63) is 92.9 Å². The molecule has 1 aliphatic heterocycles. The molecule has 4 rings (SSSR count). The van der Waals surface area contributed by atoms with Crippen LogP contribution in [-0.4, -0.2) is 13.2 Å². The number of hydrogen-bond donors (Lipinski definition) is 0. The molecule has 1 atom stereocenters. The van der Waals surface area contributed by atoms with Gasteiger partial charge in [-0.3, -0.25) is 4.90 Å². The third-order valence-electron chi connectivity index (χ3n) is 5.27. The van der Waals surface area contributed by atoms with Crippen LogP contribution in [0.15, 0.2) is 71.2 Å². The van der Waals surface area contributed by atoms with Crippen molar-refractivity contribution in [2.75, 3.05) is 12.0 Å². The Labute approximate surface area is 189 Å². The molecular formula is C24H21BrClNO3. The van der Waals surface area contributed by atoms with Gasteiger partial charge in [0.05, 0.1) is 23.3 Å². The summed E-state index contributed by atoms with van der Waals surface area (Å²) in [5.74, 6) is 0.747. The van der Waals surface area contributed by atoms with Gasteiger partial charge in [-0.2, -0.15) is 0 Å². The first-order valence-electron chi connectivity index (χ1n) is 9.68. The molecule has 1 amide bonds. The van der Waals surface area contributed by atoms with E-state index < -0.39 is 0 Å². The second-order valence-electron chi connectivity index (χ2n) is 7.13. The highest BCUT2D eigenvalue weighted by Crippen LogP contribution is 2.43. The number of nitrogens with zero attached hydrogens (tertiary/aromatic N) is 1. The quantitative estimate of drug-likeness (QED) is 0.401. The highest BCUT2D eigenvalue weighted by atomic mass is 79.9. The SMILES string of the molecule is COc1cc2c(cc1Br)N(C(=O)OCc1ccccc1)C(c1ccc(Cl)cc1)CC2. The maximum atomic E-state index is 13.3. The molecule has 4 nitrogen and oxygen atoms in total. The highest BCUT2D eigenvalue weighted by molar-refractivity contribution is 9.10. The van der Waals surface area contributed by atoms with Crippen LogP contribution in [0, 0.1) is 0 Å². The molecule has 0 saturated heterocycles. The average molecular weight is 487 g/mol. The van der Waals surface area contributed by atoms with E-state index in [0.717, 1.165) is 45.4 Å². The number of methoxy groups -OCH3 is 1. The second kappa shape index (κ2) is 9.11. The van der Waals surface area contributed by atoms with Gasteiger partial charge in [0, 0.05) is 5.02 Å². The van der Waals surface area contributed by atoms with Crippen LogP contribution in [0.25, 0.3) is 0 Å². The number of fused-ring (bicyclic) bond motifs is 1. The number of benzene rings is 3. The molecule has 1 heterocycles. The van der Waals surface area contributed by atoms with E-state index in [1.54, 1.807) is 12.0 Å². The largest absolute Gasteiger partial charge is 0.496 e. The summed E-state index contributed by atoms with van der Waals surface area (Å²) >= 11 is 9.63. The molecular weight excluding hydrogens is 466 g/mol. The summed E-state index contributed by atoms with van der Waals surface area (Å²) in [5.41, 5.74) is 3.85. The number of carbonyl (C=O) groups is 1. The van der Waals surface area contributed by atoms with Crippen molar-refractivity contribution in [1.82, 2.24) is 0 Å². The zero-order valence-corrected chi connectivity index (χ0v) is 18.8. The average Bonchev–Trinajstić information content (AvgIpc) is 2.77. The number of halogens is 2. The van der Waals surface area contributed by atoms with E-state index in [-0.39, 0.29) is 18.7 Å². The van der Waals surface area contributed by atoms with Crippen molar-refractivity contribution < 1.29 is 14.3 Å². The molecule has 0 aliphatic carbocycles. The van der Waals surface area contributed by atoms with E-state index in [1.165, 1.54) is 0 Å². The molecule has 154 valence electrons. The first-order valence-corrected chi connectivity index (χ1v) is 10.9. The number of rotatable bonds is 4. The molecule has 0 radical (unpaired) electrons. The zero-order valence-electron chi connectivity index (χ0n) is 16.5. The van der Waals surface area contributed by atoms with Gasteiger partial charge in [0.1, 0.15) is 12.4 Å². The van der Waals surface area contributed by atoms with Gasteiger partial charge in [-0.05, 0) is 69.7 Å². The fourth-order valence-corrected chi connectivity index (χ4v) is 4.39. The third-order valence-corrected chi connectivity index (χ3v) is 6.14. The van der Waals surface area contributed by atoms with Crippen LogP contribution in [-0.2, 0) is 17.8 Å². The summed E-state index contributed by atoms with van der Waals surface area (Å²) in [6.45, 7) is 0.218. The van der Waals surface area contributed by atoms with E-state index >= 15 is 0 Å². The van der Waals surface area contributed by atoms with Crippen molar-refractivity contribution in [3.8, 4) is 5.75 Å². The standard InChI is InChI=1S/C24H21BrClNO3/c1-29-23-13-18-9-12-21(17-7-10-19(26)11-8-17)27(22(18)14-20(23)25)24(28)30-15-16-5-3-2-4-6-16/h2-8,10-11,13-14,21H,9,12,15H2,1H3. The molecule has 0 N–H and O–H groups in total. The topological polar surface area (TPSA) is 38.8 Å². The summed E-state index contributed by atoms with van der Waals surface area (Å²) in [7, 11) is 1.64. The Morgan fingerprint density at radius 2 is 1.87 bits per heavy atom. The van der Waals surface area contributed by atoms with Crippen molar-refractivity contribution in [2.24, 2.45) is 0 Å². The number of ether oxygens (including phenoxy) is 2. The third kappa shape index (κ3) is 4.32. The molecule has 1 unspecified atom stereocenters. The number of amides is 1. The number of aryl methyl sites for hydroxylation is 1. The van der Waals surface area contributed by atoms with E-state index in [0.29, 0.717) is 5.02 Å². The van der Waals surface area contributed by atoms with Crippen molar-refractivity contribution in [3.63, 3.8) is 0 Å². The number of carbonyl (C=O) groups excluding carboxylic acids is 1. The van der Waals surface area contributed by atoms with Gasteiger partial charge in [0.15, 0.2) is 0 Å². The van der Waals surface area contributed by atoms with Gasteiger partial charge < -0.3 is 9.47 Å². The fourth-order valence-electron chi connectivity index (χ4n) is 3.77. The molecule has 0 spiro atoms. The predicted octanol–water partition coefficient (Wildman–Crippen LogP) is 6.94. The molecule has 6 heteroatoms. The molecule has 3 aromatic rings. The molecule has 0 fully saturated rings. The molecule has 3 aromatic carbocycles. The molecule has 0 bridgehead atoms. The minimum absolute atomic E-state index is 0.140. The van der Waals surface area contributed by atoms with Gasteiger partial charge in [0.2, 0.25) is 0 Å². The van der Waals surface area contributed by atoms with Crippen LogP contribution < -0.4 is 9.64 Å². The molecule has 0 saturated carbocycles. The molecule has 0 aromatic heterocycles. The lowest BCUT2D eigenvalue weighted by atomic mass is 9.91. The van der Waals surface area contributed by atoms with Crippen LogP contribution in [0.3, 0.4) is 0 Å². The monoisotopic (exact) mass is 485 g/mol. The zero-order chi connectivity index (χ0) is 21.1. The fraction of sp³-hybridized carbons (Fsp3) is 0.208. The summed E-state index contributed by atoms with van der Waals surface area (Å²) < 4.78 is 11.9. The van der Waals surface area contributed by atoms with E-state index in [4.69, 9.17) is 21.1 Å². The van der Waals surface area contributed by atoms with Crippen LogP contribution in [0.1, 0.15) is 29.2 Å².